The molecule has 0 aliphatic carbocycles. The molecule has 1 aromatic rings. The van der Waals surface area contributed by atoms with Crippen molar-refractivity contribution in [2.45, 2.75) is 31.9 Å². The van der Waals surface area contributed by atoms with Crippen LogP contribution in [0.4, 0.5) is 8.78 Å². The maximum absolute atomic E-state index is 13.0. The minimum Gasteiger partial charge on any atom is -0.339 e. The molecule has 0 radical (unpaired) electrons. The zero-order valence-corrected chi connectivity index (χ0v) is 12.4. The van der Waals surface area contributed by atoms with Crippen molar-refractivity contribution >= 4 is 29.7 Å². The van der Waals surface area contributed by atoms with Crippen molar-refractivity contribution in [3.8, 4) is 0 Å². The van der Waals surface area contributed by atoms with E-state index in [4.69, 9.17) is 0 Å². The van der Waals surface area contributed by atoms with Gasteiger partial charge in [-0.15, -0.1) is 23.7 Å². The van der Waals surface area contributed by atoms with E-state index in [0.717, 1.165) is 10.4 Å². The van der Waals surface area contributed by atoms with Crippen molar-refractivity contribution in [2.24, 2.45) is 0 Å². The lowest BCUT2D eigenvalue weighted by Gasteiger charge is -2.20. The fraction of sp³-hybridized carbons (Fsp3) is 0.583. The summed E-state index contributed by atoms with van der Waals surface area (Å²) in [7, 11) is 1.65. The van der Waals surface area contributed by atoms with Crippen LogP contribution in [0.15, 0.2) is 11.4 Å². The second kappa shape index (κ2) is 6.15. The van der Waals surface area contributed by atoms with E-state index in [1.165, 1.54) is 4.90 Å². The van der Waals surface area contributed by atoms with Crippen LogP contribution in [0, 0.1) is 6.92 Å². The number of amides is 1. The SMILES string of the molecule is Cc1ccsc1CN(C)C(=O)C1CC(F)(F)CN1.Cl. The van der Waals surface area contributed by atoms with E-state index >= 15 is 0 Å². The summed E-state index contributed by atoms with van der Waals surface area (Å²) >= 11 is 1.58. The molecule has 7 heteroatoms. The van der Waals surface area contributed by atoms with E-state index in [-0.39, 0.29) is 18.3 Å². The van der Waals surface area contributed by atoms with Gasteiger partial charge in [-0.05, 0) is 23.9 Å². The highest BCUT2D eigenvalue weighted by Gasteiger charge is 2.43. The Morgan fingerprint density at radius 2 is 2.32 bits per heavy atom. The first kappa shape index (κ1) is 16.3. The molecule has 1 atom stereocenters. The molecule has 1 aromatic heterocycles. The molecule has 1 saturated heterocycles. The second-order valence-electron chi connectivity index (χ2n) is 4.71. The van der Waals surface area contributed by atoms with Gasteiger partial charge in [0.05, 0.1) is 19.1 Å². The summed E-state index contributed by atoms with van der Waals surface area (Å²) in [4.78, 5) is 14.6. The third kappa shape index (κ3) is 3.87. The molecule has 0 aromatic carbocycles. The van der Waals surface area contributed by atoms with Gasteiger partial charge in [-0.1, -0.05) is 0 Å². The van der Waals surface area contributed by atoms with Gasteiger partial charge in [0.1, 0.15) is 0 Å². The molecule has 1 unspecified atom stereocenters. The normalized spacial score (nSPS) is 20.9. The van der Waals surface area contributed by atoms with E-state index in [2.05, 4.69) is 5.32 Å². The Kier molecular flexibility index (Phi) is 5.29. The summed E-state index contributed by atoms with van der Waals surface area (Å²) < 4.78 is 26.1. The molecule has 1 N–H and O–H groups in total. The third-order valence-electron chi connectivity index (χ3n) is 3.13. The highest BCUT2D eigenvalue weighted by atomic mass is 35.5. The average molecular weight is 311 g/mol. The number of carbonyl (C=O) groups excluding carboxylic acids is 1. The molecule has 0 saturated carbocycles. The molecule has 0 spiro atoms. The number of nitrogens with zero attached hydrogens (tertiary/aromatic N) is 1. The third-order valence-corrected chi connectivity index (χ3v) is 4.14. The molecule has 1 amide bonds. The first-order chi connectivity index (χ1) is 8.39. The van der Waals surface area contributed by atoms with Crippen molar-refractivity contribution in [3.63, 3.8) is 0 Å². The Labute approximate surface area is 121 Å². The van der Waals surface area contributed by atoms with Crippen molar-refractivity contribution < 1.29 is 13.6 Å². The number of halogens is 3. The Morgan fingerprint density at radius 1 is 1.63 bits per heavy atom. The van der Waals surface area contributed by atoms with Gasteiger partial charge in [0.15, 0.2) is 0 Å². The number of aryl methyl sites for hydroxylation is 1. The number of thiophene rings is 1. The Balaban J connectivity index is 0.00000180. The lowest BCUT2D eigenvalue weighted by atomic mass is 10.1. The molecule has 2 heterocycles. The molecule has 1 fully saturated rings. The number of alkyl halides is 2. The number of rotatable bonds is 3. The van der Waals surface area contributed by atoms with Crippen LogP contribution in [0.2, 0.25) is 0 Å². The van der Waals surface area contributed by atoms with Crippen LogP contribution in [-0.2, 0) is 11.3 Å². The van der Waals surface area contributed by atoms with Crippen molar-refractivity contribution in [2.75, 3.05) is 13.6 Å². The fourth-order valence-electron chi connectivity index (χ4n) is 2.02. The zero-order chi connectivity index (χ0) is 13.3. The number of hydrogen-bond acceptors (Lipinski definition) is 3. The quantitative estimate of drug-likeness (QED) is 0.930. The number of hydrogen-bond donors (Lipinski definition) is 1. The van der Waals surface area contributed by atoms with Crippen LogP contribution >= 0.6 is 23.7 Å². The topological polar surface area (TPSA) is 32.3 Å². The monoisotopic (exact) mass is 310 g/mol. The van der Waals surface area contributed by atoms with Crippen LogP contribution in [0.3, 0.4) is 0 Å². The number of likely N-dealkylation sites (N-methyl/N-ethyl adjacent to an activating group) is 1. The van der Waals surface area contributed by atoms with Gasteiger partial charge in [0.2, 0.25) is 5.91 Å². The smallest absolute Gasteiger partial charge is 0.262 e. The van der Waals surface area contributed by atoms with E-state index in [9.17, 15) is 13.6 Å². The molecule has 19 heavy (non-hydrogen) atoms. The lowest BCUT2D eigenvalue weighted by Crippen LogP contribution is -2.41. The van der Waals surface area contributed by atoms with Gasteiger partial charge in [0, 0.05) is 18.3 Å². The Hall–Kier alpha value is -0.720. The van der Waals surface area contributed by atoms with E-state index < -0.39 is 24.9 Å². The van der Waals surface area contributed by atoms with E-state index in [1.807, 2.05) is 18.4 Å². The summed E-state index contributed by atoms with van der Waals surface area (Å²) in [5.74, 6) is -3.03. The second-order valence-corrected chi connectivity index (χ2v) is 5.72. The average Bonchev–Trinajstić information content (AvgIpc) is 2.84. The van der Waals surface area contributed by atoms with Gasteiger partial charge in [-0.25, -0.2) is 8.78 Å². The molecule has 1 aliphatic rings. The van der Waals surface area contributed by atoms with Crippen LogP contribution in [0.5, 0.6) is 0 Å². The predicted octanol–water partition coefficient (Wildman–Crippen LogP) is 2.43. The lowest BCUT2D eigenvalue weighted by molar-refractivity contribution is -0.132. The summed E-state index contributed by atoms with van der Waals surface area (Å²) in [6.07, 6.45) is -0.403. The molecule has 1 aliphatic heterocycles. The summed E-state index contributed by atoms with van der Waals surface area (Å²) in [6, 6.07) is 1.23. The molecule has 0 bridgehead atoms. The van der Waals surface area contributed by atoms with Crippen molar-refractivity contribution in [1.29, 1.82) is 0 Å². The minimum absolute atomic E-state index is 0. The molecule has 3 nitrogen and oxygen atoms in total. The van der Waals surface area contributed by atoms with Gasteiger partial charge in [0.25, 0.3) is 5.92 Å². The zero-order valence-electron chi connectivity index (χ0n) is 10.8. The molecular formula is C12H17ClF2N2OS. The standard InChI is InChI=1S/C12H16F2N2OS.ClH/c1-8-3-4-18-10(8)6-16(2)11(17)9-5-12(13,14)7-15-9;/h3-4,9,15H,5-7H2,1-2H3;1H. The van der Waals surface area contributed by atoms with Crippen molar-refractivity contribution in [3.05, 3.63) is 21.9 Å². The van der Waals surface area contributed by atoms with Crippen LogP contribution < -0.4 is 5.32 Å². The fourth-order valence-corrected chi connectivity index (χ4v) is 2.97. The minimum atomic E-state index is -2.76. The first-order valence-electron chi connectivity index (χ1n) is 5.78. The van der Waals surface area contributed by atoms with E-state index in [0.29, 0.717) is 6.54 Å². The molecular weight excluding hydrogens is 294 g/mol. The summed E-state index contributed by atoms with van der Waals surface area (Å²) in [6.45, 7) is 2.05. The summed E-state index contributed by atoms with van der Waals surface area (Å²) in [5.41, 5.74) is 1.13. The van der Waals surface area contributed by atoms with E-state index in [1.54, 1.807) is 18.4 Å². The maximum Gasteiger partial charge on any atom is 0.262 e. The van der Waals surface area contributed by atoms with Crippen LogP contribution in [-0.4, -0.2) is 36.4 Å². The molecule has 2 rings (SSSR count). The van der Waals surface area contributed by atoms with Gasteiger partial charge in [-0.3, -0.25) is 10.1 Å². The van der Waals surface area contributed by atoms with Crippen molar-refractivity contribution in [1.82, 2.24) is 10.2 Å². The Bertz CT molecular complexity index is 453. The predicted molar refractivity (Wildman–Crippen MR) is 74.1 cm³/mol. The summed E-state index contributed by atoms with van der Waals surface area (Å²) in [5, 5.41) is 4.55. The maximum atomic E-state index is 13.0. The van der Waals surface area contributed by atoms with Gasteiger partial charge >= 0.3 is 0 Å². The largest absolute Gasteiger partial charge is 0.339 e. The van der Waals surface area contributed by atoms with Crippen LogP contribution in [0.25, 0.3) is 0 Å². The van der Waals surface area contributed by atoms with Crippen LogP contribution in [0.1, 0.15) is 16.9 Å². The first-order valence-corrected chi connectivity index (χ1v) is 6.66. The van der Waals surface area contributed by atoms with Gasteiger partial charge in [-0.2, -0.15) is 0 Å². The molecule has 108 valence electrons. The highest BCUT2D eigenvalue weighted by Crippen LogP contribution is 2.26. The number of carbonyl (C=O) groups is 1. The highest BCUT2D eigenvalue weighted by molar-refractivity contribution is 7.10. The number of nitrogens with one attached hydrogen (secondary N) is 1. The Morgan fingerprint density at radius 3 is 2.79 bits per heavy atom. The van der Waals surface area contributed by atoms with Gasteiger partial charge < -0.3 is 4.90 Å².